The summed E-state index contributed by atoms with van der Waals surface area (Å²) >= 11 is 0. The van der Waals surface area contributed by atoms with Crippen molar-refractivity contribution in [2.24, 2.45) is 0 Å². The molecule has 1 N–H and O–H groups in total. The summed E-state index contributed by atoms with van der Waals surface area (Å²) in [6.07, 6.45) is 6.22. The molecule has 0 spiro atoms. The Morgan fingerprint density at radius 2 is 1.79 bits per heavy atom. The second-order valence-corrected chi connectivity index (χ2v) is 5.66. The molecule has 2 aromatic heterocycles. The molecule has 0 unspecified atom stereocenters. The zero-order chi connectivity index (χ0) is 16.8. The highest BCUT2D eigenvalue weighted by Crippen LogP contribution is 2.15. The van der Waals surface area contributed by atoms with E-state index >= 15 is 0 Å². The van der Waals surface area contributed by atoms with E-state index in [4.69, 9.17) is 0 Å². The molecule has 6 nitrogen and oxygen atoms in total. The van der Waals surface area contributed by atoms with Gasteiger partial charge in [-0.3, -0.25) is 4.98 Å². The number of likely N-dealkylation sites (N-methyl/N-ethyl adjacent to an activating group) is 1. The first-order chi connectivity index (χ1) is 11.7. The van der Waals surface area contributed by atoms with Crippen LogP contribution in [0.25, 0.3) is 0 Å². The molecule has 0 aliphatic carbocycles. The molecule has 0 atom stereocenters. The molecule has 0 fully saturated rings. The van der Waals surface area contributed by atoms with Gasteiger partial charge in [-0.15, -0.1) is 5.10 Å². The normalized spacial score (nSPS) is 10.4. The molecule has 1 aromatic carbocycles. The van der Waals surface area contributed by atoms with Crippen molar-refractivity contribution < 1.29 is 0 Å². The molecule has 0 bridgehead atoms. The number of hydrogen-bond acceptors (Lipinski definition) is 6. The van der Waals surface area contributed by atoms with Crippen molar-refractivity contribution in [1.82, 2.24) is 20.2 Å². The predicted octanol–water partition coefficient (Wildman–Crippen LogP) is 3.00. The topological polar surface area (TPSA) is 66.8 Å². The Kier molecular flexibility index (Phi) is 4.96. The number of rotatable bonds is 6. The predicted molar refractivity (Wildman–Crippen MR) is 95.5 cm³/mol. The van der Waals surface area contributed by atoms with Gasteiger partial charge in [0.25, 0.3) is 0 Å². The largest absolute Gasteiger partial charge is 0.358 e. The summed E-state index contributed by atoms with van der Waals surface area (Å²) in [5, 5.41) is 11.3. The molecule has 0 saturated heterocycles. The van der Waals surface area contributed by atoms with Gasteiger partial charge in [-0.05, 0) is 43.2 Å². The standard InChI is InChI=1S/C18H20N6/c1-14-3-5-16(6-4-14)21-18-22-17(13-20-23-18)24(2)12-9-15-7-10-19-11-8-15/h3-8,10-11,13H,9,12H2,1-2H3,(H,21,22,23). The lowest BCUT2D eigenvalue weighted by molar-refractivity contribution is 0.840. The fourth-order valence-corrected chi connectivity index (χ4v) is 2.26. The van der Waals surface area contributed by atoms with E-state index in [2.05, 4.69) is 37.3 Å². The lowest BCUT2D eigenvalue weighted by Crippen LogP contribution is -2.22. The minimum Gasteiger partial charge on any atom is -0.358 e. The van der Waals surface area contributed by atoms with Gasteiger partial charge in [0.15, 0.2) is 5.82 Å². The van der Waals surface area contributed by atoms with Gasteiger partial charge in [-0.1, -0.05) is 17.7 Å². The molecule has 0 saturated carbocycles. The average molecular weight is 320 g/mol. The van der Waals surface area contributed by atoms with Gasteiger partial charge in [-0.25, -0.2) is 0 Å². The van der Waals surface area contributed by atoms with Crippen molar-refractivity contribution in [2.75, 3.05) is 23.8 Å². The summed E-state index contributed by atoms with van der Waals surface area (Å²) in [7, 11) is 2.00. The summed E-state index contributed by atoms with van der Waals surface area (Å²) in [5.74, 6) is 1.28. The molecule has 0 aliphatic heterocycles. The third-order valence-electron chi connectivity index (χ3n) is 3.73. The molecular weight excluding hydrogens is 300 g/mol. The van der Waals surface area contributed by atoms with Crippen LogP contribution in [0.3, 0.4) is 0 Å². The van der Waals surface area contributed by atoms with Crippen LogP contribution >= 0.6 is 0 Å². The van der Waals surface area contributed by atoms with Crippen LogP contribution in [0.5, 0.6) is 0 Å². The number of aromatic nitrogens is 4. The number of pyridine rings is 1. The number of aryl methyl sites for hydroxylation is 1. The summed E-state index contributed by atoms with van der Waals surface area (Å²) in [6.45, 7) is 2.90. The smallest absolute Gasteiger partial charge is 0.249 e. The fraction of sp³-hybridized carbons (Fsp3) is 0.222. The Balaban J connectivity index is 1.64. The number of nitrogens with zero attached hydrogens (tertiary/aromatic N) is 5. The first-order valence-electron chi connectivity index (χ1n) is 7.84. The third-order valence-corrected chi connectivity index (χ3v) is 3.73. The molecule has 2 heterocycles. The van der Waals surface area contributed by atoms with Gasteiger partial charge >= 0.3 is 0 Å². The number of nitrogens with one attached hydrogen (secondary N) is 1. The lowest BCUT2D eigenvalue weighted by atomic mass is 10.2. The van der Waals surface area contributed by atoms with E-state index in [1.165, 1.54) is 11.1 Å². The van der Waals surface area contributed by atoms with E-state index in [9.17, 15) is 0 Å². The zero-order valence-electron chi connectivity index (χ0n) is 13.8. The van der Waals surface area contributed by atoms with Gasteiger partial charge in [-0.2, -0.15) is 10.1 Å². The zero-order valence-corrected chi connectivity index (χ0v) is 13.8. The van der Waals surface area contributed by atoms with E-state index in [1.54, 1.807) is 6.20 Å². The van der Waals surface area contributed by atoms with Crippen LogP contribution in [0.1, 0.15) is 11.1 Å². The highest BCUT2D eigenvalue weighted by Gasteiger charge is 2.06. The SMILES string of the molecule is Cc1ccc(Nc2nncc(N(C)CCc3ccncc3)n2)cc1. The number of hydrogen-bond donors (Lipinski definition) is 1. The van der Waals surface area contributed by atoms with E-state index in [1.807, 2.05) is 55.8 Å². The molecule has 3 aromatic rings. The second kappa shape index (κ2) is 7.50. The van der Waals surface area contributed by atoms with Crippen LogP contribution in [-0.4, -0.2) is 33.8 Å². The molecule has 0 amide bonds. The van der Waals surface area contributed by atoms with E-state index in [0.717, 1.165) is 24.5 Å². The summed E-state index contributed by atoms with van der Waals surface area (Å²) in [4.78, 5) is 10.6. The maximum Gasteiger partial charge on any atom is 0.249 e. The van der Waals surface area contributed by atoms with Crippen molar-refractivity contribution in [1.29, 1.82) is 0 Å². The van der Waals surface area contributed by atoms with Gasteiger partial charge in [0.1, 0.15) is 0 Å². The van der Waals surface area contributed by atoms with Gasteiger partial charge < -0.3 is 10.2 Å². The van der Waals surface area contributed by atoms with Crippen LogP contribution in [0.2, 0.25) is 0 Å². The van der Waals surface area contributed by atoms with Crippen LogP contribution in [0.15, 0.2) is 55.0 Å². The van der Waals surface area contributed by atoms with Crippen LogP contribution in [0, 0.1) is 6.92 Å². The van der Waals surface area contributed by atoms with Crippen LogP contribution in [-0.2, 0) is 6.42 Å². The summed E-state index contributed by atoms with van der Waals surface area (Å²) < 4.78 is 0. The van der Waals surface area contributed by atoms with Crippen molar-refractivity contribution in [3.05, 3.63) is 66.1 Å². The molecule has 6 heteroatoms. The van der Waals surface area contributed by atoms with Crippen molar-refractivity contribution >= 4 is 17.5 Å². The maximum atomic E-state index is 4.53. The molecule has 24 heavy (non-hydrogen) atoms. The molecule has 0 radical (unpaired) electrons. The van der Waals surface area contributed by atoms with Gasteiger partial charge in [0, 0.05) is 31.7 Å². The fourth-order valence-electron chi connectivity index (χ4n) is 2.26. The highest BCUT2D eigenvalue weighted by molar-refractivity contribution is 5.54. The van der Waals surface area contributed by atoms with Gasteiger partial charge in [0.2, 0.25) is 5.95 Å². The first-order valence-corrected chi connectivity index (χ1v) is 7.84. The quantitative estimate of drug-likeness (QED) is 0.753. The Morgan fingerprint density at radius 3 is 2.54 bits per heavy atom. The highest BCUT2D eigenvalue weighted by atomic mass is 15.3. The van der Waals surface area contributed by atoms with E-state index in [-0.39, 0.29) is 0 Å². The van der Waals surface area contributed by atoms with E-state index in [0.29, 0.717) is 5.95 Å². The minimum absolute atomic E-state index is 0.493. The molecule has 122 valence electrons. The van der Waals surface area contributed by atoms with Crippen molar-refractivity contribution in [3.63, 3.8) is 0 Å². The Labute approximate surface area is 141 Å². The van der Waals surface area contributed by atoms with Crippen molar-refractivity contribution in [2.45, 2.75) is 13.3 Å². The third kappa shape index (κ3) is 4.25. The van der Waals surface area contributed by atoms with E-state index < -0.39 is 0 Å². The minimum atomic E-state index is 0.493. The molecule has 3 rings (SSSR count). The Morgan fingerprint density at radius 1 is 1.04 bits per heavy atom. The monoisotopic (exact) mass is 320 g/mol. The summed E-state index contributed by atoms with van der Waals surface area (Å²) in [5.41, 5.74) is 3.40. The number of benzene rings is 1. The maximum absolute atomic E-state index is 4.53. The Hall–Kier alpha value is -3.02. The van der Waals surface area contributed by atoms with Crippen LogP contribution in [0.4, 0.5) is 17.5 Å². The van der Waals surface area contributed by atoms with Gasteiger partial charge in [0.05, 0.1) is 6.20 Å². The van der Waals surface area contributed by atoms with Crippen LogP contribution < -0.4 is 10.2 Å². The first kappa shape index (κ1) is 15.9. The number of anilines is 3. The van der Waals surface area contributed by atoms with Crippen molar-refractivity contribution in [3.8, 4) is 0 Å². The molecule has 0 aliphatic rings. The Bertz CT molecular complexity index is 773. The summed E-state index contributed by atoms with van der Waals surface area (Å²) in [6, 6.07) is 12.1. The lowest BCUT2D eigenvalue weighted by Gasteiger charge is -2.18. The average Bonchev–Trinajstić information content (AvgIpc) is 2.63. The molecular formula is C18H20N6. The second-order valence-electron chi connectivity index (χ2n) is 5.66.